The number of alkyl halides is 3. The Morgan fingerprint density at radius 3 is 2.35 bits per heavy atom. The van der Waals surface area contributed by atoms with Crippen molar-refractivity contribution in [2.24, 2.45) is 0 Å². The Morgan fingerprint density at radius 1 is 0.935 bits per heavy atom. The Bertz CT molecular complexity index is 1630. The largest absolute Gasteiger partial charge is 0.497 e. The van der Waals surface area contributed by atoms with Gasteiger partial charge in [0.15, 0.2) is 11.6 Å². The number of methoxy groups -OCH3 is 1. The zero-order chi connectivity index (χ0) is 33.3. The number of pyridine rings is 1. The molecule has 244 valence electrons. The number of amides is 2. The summed E-state index contributed by atoms with van der Waals surface area (Å²) in [6, 6.07) is 11.4. The van der Waals surface area contributed by atoms with E-state index in [0.29, 0.717) is 41.9 Å². The van der Waals surface area contributed by atoms with Gasteiger partial charge in [-0.3, -0.25) is 0 Å². The van der Waals surface area contributed by atoms with Crippen LogP contribution in [0.4, 0.5) is 29.3 Å². The lowest BCUT2D eigenvalue weighted by Gasteiger charge is -2.16. The van der Waals surface area contributed by atoms with Gasteiger partial charge in [-0.2, -0.15) is 13.2 Å². The molecular weight excluding hydrogens is 605 g/mol. The van der Waals surface area contributed by atoms with Crippen molar-refractivity contribution < 1.29 is 36.9 Å². The molecule has 4 rings (SSSR count). The fourth-order valence-corrected chi connectivity index (χ4v) is 4.07. The number of aromatic nitrogens is 3. The van der Waals surface area contributed by atoms with Gasteiger partial charge < -0.3 is 34.5 Å². The predicted molar refractivity (Wildman–Crippen MR) is 167 cm³/mol. The molecule has 0 saturated carbocycles. The molecule has 2 heterocycles. The molecule has 0 aliphatic rings. The molecule has 0 aliphatic carbocycles. The van der Waals surface area contributed by atoms with Gasteiger partial charge in [0.05, 0.1) is 36.9 Å². The maximum Gasteiger partial charge on any atom is 0.416 e. The number of anilines is 2. The van der Waals surface area contributed by atoms with E-state index in [9.17, 15) is 18.0 Å². The third kappa shape index (κ3) is 9.44. The van der Waals surface area contributed by atoms with Crippen molar-refractivity contribution in [1.29, 1.82) is 0 Å². The van der Waals surface area contributed by atoms with E-state index in [1.165, 1.54) is 12.3 Å². The van der Waals surface area contributed by atoms with Crippen LogP contribution < -0.4 is 29.6 Å². The van der Waals surface area contributed by atoms with Crippen LogP contribution in [0.15, 0.2) is 60.9 Å². The van der Waals surface area contributed by atoms with Crippen molar-refractivity contribution in [1.82, 2.24) is 19.9 Å². The van der Waals surface area contributed by atoms with E-state index < -0.39 is 17.8 Å². The molecule has 0 saturated heterocycles. The molecule has 0 spiro atoms. The molecule has 0 atom stereocenters. The van der Waals surface area contributed by atoms with Crippen molar-refractivity contribution in [2.45, 2.75) is 26.6 Å². The number of benzene rings is 2. The maximum absolute atomic E-state index is 13.5. The molecule has 0 bridgehead atoms. The lowest BCUT2D eigenvalue weighted by atomic mass is 10.2. The number of likely N-dealkylation sites (N-methyl/N-ethyl adjacent to an activating group) is 1. The summed E-state index contributed by atoms with van der Waals surface area (Å²) in [5.41, 5.74) is 1.09. The summed E-state index contributed by atoms with van der Waals surface area (Å²) in [4.78, 5) is 27.8. The summed E-state index contributed by atoms with van der Waals surface area (Å²) in [6.07, 6.45) is -1.69. The molecule has 0 unspecified atom stereocenters. The molecule has 2 aromatic heterocycles. The summed E-state index contributed by atoms with van der Waals surface area (Å²) < 4.78 is 62.8. The van der Waals surface area contributed by atoms with Gasteiger partial charge in [0, 0.05) is 30.1 Å². The number of hydrogen-bond donors (Lipinski definition) is 2. The van der Waals surface area contributed by atoms with Crippen molar-refractivity contribution >= 4 is 17.4 Å². The van der Waals surface area contributed by atoms with Crippen LogP contribution in [0.25, 0.3) is 11.4 Å². The molecule has 0 aliphatic heterocycles. The predicted octanol–water partition coefficient (Wildman–Crippen LogP) is 6.44. The first-order valence-corrected chi connectivity index (χ1v) is 14.3. The zero-order valence-corrected chi connectivity index (χ0v) is 26.1. The van der Waals surface area contributed by atoms with E-state index in [0.717, 1.165) is 23.4 Å². The molecule has 4 aromatic rings. The van der Waals surface area contributed by atoms with E-state index in [2.05, 4.69) is 25.6 Å². The quantitative estimate of drug-likeness (QED) is 0.170. The topological polar surface area (TPSA) is 120 Å². The molecule has 14 heteroatoms. The van der Waals surface area contributed by atoms with Gasteiger partial charge in [0.1, 0.15) is 24.7 Å². The fraction of sp³-hybridized carbons (Fsp3) is 0.312. The number of ether oxygens (including phenoxy) is 4. The van der Waals surface area contributed by atoms with Crippen LogP contribution in [0, 0.1) is 6.92 Å². The molecular formula is C32H35F3N6O5. The number of halogens is 3. The Balaban J connectivity index is 1.45. The number of rotatable bonds is 13. The Hall–Kier alpha value is -5.11. The smallest absolute Gasteiger partial charge is 0.416 e. The number of nitrogens with zero attached hydrogens (tertiary/aromatic N) is 4. The molecule has 2 aromatic carbocycles. The highest BCUT2D eigenvalue weighted by Gasteiger charge is 2.31. The first-order valence-electron chi connectivity index (χ1n) is 14.3. The first-order chi connectivity index (χ1) is 21.9. The average molecular weight is 641 g/mol. The van der Waals surface area contributed by atoms with Crippen molar-refractivity contribution in [3.05, 3.63) is 77.7 Å². The highest BCUT2D eigenvalue weighted by atomic mass is 19.4. The Morgan fingerprint density at radius 2 is 1.70 bits per heavy atom. The normalized spacial score (nSPS) is 11.2. The standard InChI is InChI=1S/C32H35F3N6O5/c1-6-44-28-13-22(17-37-30(28)46-19-21-7-9-25(43-5)10-8-21)29-36-18-27(20(2)38-29)40-31(42)39-24-14-23(32(33,34)35)15-26(16-24)45-12-11-41(3)4/h7-10,13-18H,6,11-12,19H2,1-5H3,(H2,39,40,42). The van der Waals surface area contributed by atoms with Crippen LogP contribution in [-0.2, 0) is 12.8 Å². The Labute approximate surface area is 264 Å². The van der Waals surface area contributed by atoms with Crippen molar-refractivity contribution in [3.63, 3.8) is 0 Å². The highest BCUT2D eigenvalue weighted by Crippen LogP contribution is 2.34. The van der Waals surface area contributed by atoms with E-state index in [4.69, 9.17) is 18.9 Å². The monoisotopic (exact) mass is 640 g/mol. The third-order valence-electron chi connectivity index (χ3n) is 6.44. The van der Waals surface area contributed by atoms with Crippen LogP contribution in [0.3, 0.4) is 0 Å². The van der Waals surface area contributed by atoms with Crippen molar-refractivity contribution in [3.8, 4) is 34.5 Å². The number of hydrogen-bond acceptors (Lipinski definition) is 9. The van der Waals surface area contributed by atoms with Gasteiger partial charge in [0.2, 0.25) is 0 Å². The maximum atomic E-state index is 13.5. The second-order valence-corrected chi connectivity index (χ2v) is 10.3. The summed E-state index contributed by atoms with van der Waals surface area (Å²) in [5.74, 6) is 1.74. The van der Waals surface area contributed by atoms with Gasteiger partial charge in [-0.15, -0.1) is 0 Å². The first kappa shape index (κ1) is 33.8. The third-order valence-corrected chi connectivity index (χ3v) is 6.44. The van der Waals surface area contributed by atoms with Gasteiger partial charge in [0.25, 0.3) is 5.88 Å². The Kier molecular flexibility index (Phi) is 11.2. The van der Waals surface area contributed by atoms with E-state index in [1.54, 1.807) is 26.3 Å². The van der Waals surface area contributed by atoms with Crippen LogP contribution in [0.2, 0.25) is 0 Å². The summed E-state index contributed by atoms with van der Waals surface area (Å²) in [6.45, 7) is 4.80. The zero-order valence-electron chi connectivity index (χ0n) is 26.1. The second kappa shape index (κ2) is 15.3. The minimum atomic E-state index is -4.63. The number of carbonyl (C=O) groups excluding carboxylic acids is 1. The van der Waals surface area contributed by atoms with Crippen LogP contribution in [0.1, 0.15) is 23.7 Å². The molecule has 2 N–H and O–H groups in total. The molecule has 0 radical (unpaired) electrons. The highest BCUT2D eigenvalue weighted by molar-refractivity contribution is 6.00. The van der Waals surface area contributed by atoms with E-state index in [-0.39, 0.29) is 30.3 Å². The minimum absolute atomic E-state index is 0.0203. The van der Waals surface area contributed by atoms with Gasteiger partial charge in [-0.25, -0.2) is 19.7 Å². The summed E-state index contributed by atoms with van der Waals surface area (Å²) in [5, 5.41) is 5.01. The fourth-order valence-electron chi connectivity index (χ4n) is 4.07. The van der Waals surface area contributed by atoms with Crippen LogP contribution in [-0.4, -0.2) is 66.8 Å². The lowest BCUT2D eigenvalue weighted by molar-refractivity contribution is -0.137. The van der Waals surface area contributed by atoms with Crippen LogP contribution >= 0.6 is 0 Å². The van der Waals surface area contributed by atoms with E-state index in [1.807, 2.05) is 50.2 Å². The molecule has 46 heavy (non-hydrogen) atoms. The number of aryl methyl sites for hydroxylation is 1. The van der Waals surface area contributed by atoms with E-state index >= 15 is 0 Å². The number of carbonyl (C=O) groups is 1. The minimum Gasteiger partial charge on any atom is -0.497 e. The van der Waals surface area contributed by atoms with Crippen molar-refractivity contribution in [2.75, 3.05) is 51.6 Å². The molecule has 0 fully saturated rings. The summed E-state index contributed by atoms with van der Waals surface area (Å²) in [7, 11) is 5.23. The van der Waals surface area contributed by atoms with Crippen LogP contribution in [0.5, 0.6) is 23.1 Å². The summed E-state index contributed by atoms with van der Waals surface area (Å²) >= 11 is 0. The molecule has 2 amide bonds. The number of urea groups is 1. The average Bonchev–Trinajstić information content (AvgIpc) is 3.01. The SMILES string of the molecule is CCOc1cc(-c2ncc(NC(=O)Nc3cc(OCCN(C)C)cc(C(F)(F)F)c3)c(C)n2)cnc1OCc1ccc(OC)cc1. The second-order valence-electron chi connectivity index (χ2n) is 10.3. The number of nitrogens with one attached hydrogen (secondary N) is 2. The van der Waals surface area contributed by atoms with Gasteiger partial charge >= 0.3 is 12.2 Å². The van der Waals surface area contributed by atoms with Gasteiger partial charge in [-0.05, 0) is 63.8 Å². The van der Waals surface area contributed by atoms with Gasteiger partial charge in [-0.1, -0.05) is 12.1 Å². The molecule has 11 nitrogen and oxygen atoms in total. The lowest BCUT2D eigenvalue weighted by Crippen LogP contribution is -2.21.